The number of fused-ring (bicyclic) bond motifs is 1. The molecule has 1 aromatic carbocycles. The van der Waals surface area contributed by atoms with E-state index in [1.165, 1.54) is 9.47 Å². The van der Waals surface area contributed by atoms with Gasteiger partial charge < -0.3 is 15.2 Å². The highest BCUT2D eigenvalue weighted by Gasteiger charge is 2.37. The predicted molar refractivity (Wildman–Crippen MR) is 97.0 cm³/mol. The number of aromatic nitrogens is 2. The lowest BCUT2D eigenvalue weighted by atomic mass is 9.80. The molecule has 2 heterocycles. The van der Waals surface area contributed by atoms with Gasteiger partial charge in [-0.25, -0.2) is 18.2 Å². The molecular weight excluding hydrogens is 426 g/mol. The fourth-order valence-electron chi connectivity index (χ4n) is 4.04. The number of benzene rings is 1. The topological polar surface area (TPSA) is 64.2 Å². The van der Waals surface area contributed by atoms with E-state index >= 15 is 0 Å². The molecular formula is C20H18F6N4O. The Morgan fingerprint density at radius 3 is 2.48 bits per heavy atom. The molecule has 1 aliphatic heterocycles. The minimum Gasteiger partial charge on any atom is -0.331 e. The van der Waals surface area contributed by atoms with Crippen LogP contribution < -0.4 is 5.73 Å². The van der Waals surface area contributed by atoms with Crippen LogP contribution in [-0.4, -0.2) is 32.9 Å². The summed E-state index contributed by atoms with van der Waals surface area (Å²) in [5.74, 6) is -4.28. The highest BCUT2D eigenvalue weighted by molar-refractivity contribution is 5.93. The standard InChI is InChI=1S/C20H18F6N4O/c21-13-7-15(23)14(22)6-12(13)11-2-1-10(5-16(11)27)19(31)30-4-3-29-8-17(20(24,25)26)28-18(29)9-30/h1,6-8,11,16H,2-5,9,27H2/t11-,16+/m0/s1. The van der Waals surface area contributed by atoms with Crippen LogP contribution in [0.5, 0.6) is 0 Å². The number of alkyl halides is 3. The number of hydrogen-bond acceptors (Lipinski definition) is 3. The average molecular weight is 444 g/mol. The van der Waals surface area contributed by atoms with Gasteiger partial charge >= 0.3 is 6.18 Å². The number of nitrogens with zero attached hydrogens (tertiary/aromatic N) is 3. The Hall–Kier alpha value is -2.82. The summed E-state index contributed by atoms with van der Waals surface area (Å²) in [6.45, 7) is 0.294. The van der Waals surface area contributed by atoms with Gasteiger partial charge in [0.1, 0.15) is 11.6 Å². The van der Waals surface area contributed by atoms with E-state index in [-0.39, 0.29) is 49.8 Å². The number of allylic oxidation sites excluding steroid dienone is 1. The van der Waals surface area contributed by atoms with Gasteiger partial charge in [-0.05, 0) is 24.5 Å². The van der Waals surface area contributed by atoms with Crippen molar-refractivity contribution in [3.05, 3.63) is 64.5 Å². The number of carbonyl (C=O) groups excluding carboxylic acids is 1. The van der Waals surface area contributed by atoms with Gasteiger partial charge in [-0.15, -0.1) is 0 Å². The van der Waals surface area contributed by atoms with E-state index in [0.29, 0.717) is 11.6 Å². The molecule has 31 heavy (non-hydrogen) atoms. The first-order valence-corrected chi connectivity index (χ1v) is 9.56. The predicted octanol–water partition coefficient (Wildman–Crippen LogP) is 3.49. The van der Waals surface area contributed by atoms with Crippen molar-refractivity contribution in [3.8, 4) is 0 Å². The molecule has 1 aliphatic carbocycles. The van der Waals surface area contributed by atoms with E-state index in [9.17, 15) is 31.1 Å². The molecule has 0 saturated carbocycles. The largest absolute Gasteiger partial charge is 0.434 e. The second kappa shape index (κ2) is 7.70. The van der Waals surface area contributed by atoms with Crippen molar-refractivity contribution in [2.24, 2.45) is 5.73 Å². The van der Waals surface area contributed by atoms with E-state index in [0.717, 1.165) is 12.3 Å². The maximum atomic E-state index is 14.1. The van der Waals surface area contributed by atoms with E-state index < -0.39 is 41.3 Å². The van der Waals surface area contributed by atoms with E-state index in [4.69, 9.17) is 5.73 Å². The number of halogens is 6. The molecule has 2 aliphatic rings. The Morgan fingerprint density at radius 1 is 1.10 bits per heavy atom. The van der Waals surface area contributed by atoms with Crippen molar-refractivity contribution >= 4 is 5.91 Å². The first-order valence-electron chi connectivity index (χ1n) is 9.56. The zero-order chi connectivity index (χ0) is 22.5. The van der Waals surface area contributed by atoms with Crippen LogP contribution in [-0.2, 0) is 24.1 Å². The van der Waals surface area contributed by atoms with Gasteiger partial charge in [0.15, 0.2) is 17.3 Å². The molecule has 2 aromatic rings. The van der Waals surface area contributed by atoms with Gasteiger partial charge in [-0.2, -0.15) is 13.2 Å². The van der Waals surface area contributed by atoms with Crippen LogP contribution in [0.1, 0.15) is 35.8 Å². The summed E-state index contributed by atoms with van der Waals surface area (Å²) in [5.41, 5.74) is 5.40. The SMILES string of the molecule is N[C@@H]1CC(C(=O)N2CCn3cc(C(F)(F)F)nc3C2)=CC[C@H]1c1cc(F)c(F)cc1F. The van der Waals surface area contributed by atoms with Crippen LogP contribution in [0.2, 0.25) is 0 Å². The lowest BCUT2D eigenvalue weighted by Crippen LogP contribution is -2.41. The molecule has 2 atom stereocenters. The average Bonchev–Trinajstić information content (AvgIpc) is 3.14. The normalized spacial score (nSPS) is 21.6. The summed E-state index contributed by atoms with van der Waals surface area (Å²) in [7, 11) is 0. The van der Waals surface area contributed by atoms with Gasteiger partial charge in [0, 0.05) is 42.9 Å². The third-order valence-electron chi connectivity index (χ3n) is 5.68. The highest BCUT2D eigenvalue weighted by Crippen LogP contribution is 2.35. The summed E-state index contributed by atoms with van der Waals surface area (Å²) >= 11 is 0. The van der Waals surface area contributed by atoms with Crippen LogP contribution in [0, 0.1) is 17.5 Å². The fourth-order valence-corrected chi connectivity index (χ4v) is 4.04. The molecule has 0 radical (unpaired) electrons. The Bertz CT molecular complexity index is 1060. The zero-order valence-corrected chi connectivity index (χ0v) is 16.1. The molecule has 0 unspecified atom stereocenters. The van der Waals surface area contributed by atoms with Gasteiger partial charge in [0.25, 0.3) is 0 Å². The molecule has 0 fully saturated rings. The van der Waals surface area contributed by atoms with Gasteiger partial charge in [0.2, 0.25) is 5.91 Å². The summed E-state index contributed by atoms with van der Waals surface area (Å²) in [4.78, 5) is 17.9. The van der Waals surface area contributed by atoms with E-state index in [2.05, 4.69) is 4.98 Å². The number of hydrogen-bond donors (Lipinski definition) is 1. The van der Waals surface area contributed by atoms with E-state index in [1.54, 1.807) is 6.08 Å². The second-order valence-corrected chi connectivity index (χ2v) is 7.69. The van der Waals surface area contributed by atoms with Crippen LogP contribution in [0.3, 0.4) is 0 Å². The maximum absolute atomic E-state index is 14.1. The molecule has 11 heteroatoms. The molecule has 0 saturated heterocycles. The van der Waals surface area contributed by atoms with Crippen molar-refractivity contribution in [3.63, 3.8) is 0 Å². The quantitative estimate of drug-likeness (QED) is 0.570. The lowest BCUT2D eigenvalue weighted by Gasteiger charge is -2.33. The van der Waals surface area contributed by atoms with E-state index in [1.807, 2.05) is 0 Å². The summed E-state index contributed by atoms with van der Waals surface area (Å²) in [6.07, 6.45) is -1.86. The van der Waals surface area contributed by atoms with Crippen LogP contribution >= 0.6 is 0 Å². The molecule has 2 N–H and O–H groups in total. The third-order valence-corrected chi connectivity index (χ3v) is 5.68. The maximum Gasteiger partial charge on any atom is 0.434 e. The minimum atomic E-state index is -4.57. The fraction of sp³-hybridized carbons (Fsp3) is 0.400. The first-order chi connectivity index (χ1) is 14.5. The number of imidazole rings is 1. The Balaban J connectivity index is 1.49. The van der Waals surface area contributed by atoms with Crippen molar-refractivity contribution < 1.29 is 31.1 Å². The number of rotatable bonds is 2. The molecule has 1 aromatic heterocycles. The monoisotopic (exact) mass is 444 g/mol. The Kier molecular flexibility index (Phi) is 5.32. The van der Waals surface area contributed by atoms with Gasteiger partial charge in [-0.3, -0.25) is 4.79 Å². The smallest absolute Gasteiger partial charge is 0.331 e. The summed E-state index contributed by atoms with van der Waals surface area (Å²) in [6, 6.07) is 0.526. The van der Waals surface area contributed by atoms with Crippen molar-refractivity contribution in [2.45, 2.75) is 44.1 Å². The van der Waals surface area contributed by atoms with Crippen LogP contribution in [0.25, 0.3) is 0 Å². The number of carbonyl (C=O) groups is 1. The van der Waals surface area contributed by atoms with Crippen molar-refractivity contribution in [1.29, 1.82) is 0 Å². The van der Waals surface area contributed by atoms with Crippen LogP contribution in [0.4, 0.5) is 26.3 Å². The van der Waals surface area contributed by atoms with Crippen molar-refractivity contribution in [1.82, 2.24) is 14.5 Å². The second-order valence-electron chi connectivity index (χ2n) is 7.69. The van der Waals surface area contributed by atoms with Gasteiger partial charge in [-0.1, -0.05) is 6.08 Å². The lowest BCUT2D eigenvalue weighted by molar-refractivity contribution is -0.141. The molecule has 166 valence electrons. The molecule has 0 bridgehead atoms. The number of nitrogens with two attached hydrogens (primary N) is 1. The molecule has 5 nitrogen and oxygen atoms in total. The Morgan fingerprint density at radius 2 is 1.81 bits per heavy atom. The van der Waals surface area contributed by atoms with Crippen molar-refractivity contribution in [2.75, 3.05) is 6.54 Å². The molecule has 1 amide bonds. The molecule has 0 spiro atoms. The summed E-state index contributed by atoms with van der Waals surface area (Å²) in [5, 5.41) is 0. The first kappa shape index (κ1) is 21.4. The third kappa shape index (κ3) is 4.06. The highest BCUT2D eigenvalue weighted by atomic mass is 19.4. The zero-order valence-electron chi connectivity index (χ0n) is 16.1. The Labute approximate surface area is 173 Å². The number of amides is 1. The summed E-state index contributed by atoms with van der Waals surface area (Å²) < 4.78 is 80.8. The van der Waals surface area contributed by atoms with Crippen LogP contribution in [0.15, 0.2) is 30.0 Å². The van der Waals surface area contributed by atoms with Gasteiger partial charge in [0.05, 0.1) is 6.54 Å². The molecule has 4 rings (SSSR count). The minimum absolute atomic E-state index is 0.0613.